The van der Waals surface area contributed by atoms with E-state index in [1.165, 1.54) is 21.6 Å². The fraction of sp³-hybridized carbons (Fsp3) is 0.857. The molecule has 0 aliphatic carbocycles. The molecular weight excluding hydrogens is 369 g/mol. The normalized spacial score (nSPS) is 9.81. The zero-order valence-corrected chi connectivity index (χ0v) is 12.2. The first-order chi connectivity index (χ1) is 7.66. The third-order valence-electron chi connectivity index (χ3n) is 1.18. The third-order valence-corrected chi connectivity index (χ3v) is 4.05. The molecule has 0 aromatic rings. The second-order valence-corrected chi connectivity index (χ2v) is 6.14. The lowest BCUT2D eigenvalue weighted by molar-refractivity contribution is -0.756. The summed E-state index contributed by atoms with van der Waals surface area (Å²) in [6.45, 7) is 0.461. The summed E-state index contributed by atoms with van der Waals surface area (Å²) >= 11 is 2.11. The number of carbonyl (C=O) groups is 1. The number of nitrogens with zero attached hydrogens (tertiary/aromatic N) is 1. The van der Waals surface area contributed by atoms with Gasteiger partial charge >= 0.3 is 5.97 Å². The highest BCUT2D eigenvalue weighted by atomic mass is 127. The number of rotatable bonds is 10. The zero-order valence-electron chi connectivity index (χ0n) is 8.43. The summed E-state index contributed by atoms with van der Waals surface area (Å²) in [6, 6.07) is 0. The minimum atomic E-state index is -0.808. The molecule has 16 heavy (non-hydrogen) atoms. The number of carbonyl (C=O) groups excluding carboxylic acids is 1. The van der Waals surface area contributed by atoms with Gasteiger partial charge in [0.2, 0.25) is 0 Å². The van der Waals surface area contributed by atoms with Crippen LogP contribution in [0.3, 0.4) is 0 Å². The molecule has 0 amide bonds. The minimum Gasteiger partial charge on any atom is -0.465 e. The molecule has 0 atom stereocenters. The Kier molecular flexibility index (Phi) is 11.7. The van der Waals surface area contributed by atoms with Gasteiger partial charge in [-0.1, -0.05) is 44.2 Å². The lowest BCUT2D eigenvalue weighted by Gasteiger charge is -2.03. The van der Waals surface area contributed by atoms with Gasteiger partial charge in [0.15, 0.2) is 0 Å². The fourth-order valence-corrected chi connectivity index (χ4v) is 2.69. The fourth-order valence-electron chi connectivity index (χ4n) is 0.603. The molecule has 0 radical (unpaired) electrons. The van der Waals surface area contributed by atoms with Gasteiger partial charge in [0.1, 0.15) is 13.2 Å². The van der Waals surface area contributed by atoms with Crippen molar-refractivity contribution in [2.24, 2.45) is 0 Å². The molecule has 0 N–H and O–H groups in total. The van der Waals surface area contributed by atoms with E-state index in [1.54, 1.807) is 0 Å². The van der Waals surface area contributed by atoms with E-state index in [2.05, 4.69) is 27.4 Å². The van der Waals surface area contributed by atoms with Crippen LogP contribution in [0.4, 0.5) is 0 Å². The van der Waals surface area contributed by atoms with Gasteiger partial charge in [0.25, 0.3) is 5.09 Å². The standard InChI is InChI=1S/C7H12INO5S2/c8-2-1-7(10)13-3-5-15-16-6-4-14-9(11)12/h1-6H2. The van der Waals surface area contributed by atoms with E-state index in [0.717, 1.165) is 4.43 Å². The molecule has 0 spiro atoms. The van der Waals surface area contributed by atoms with Gasteiger partial charge in [-0.3, -0.25) is 4.79 Å². The van der Waals surface area contributed by atoms with Crippen molar-refractivity contribution in [3.63, 3.8) is 0 Å². The van der Waals surface area contributed by atoms with Crippen molar-refractivity contribution in [1.82, 2.24) is 0 Å². The van der Waals surface area contributed by atoms with E-state index in [0.29, 0.717) is 24.5 Å². The highest BCUT2D eigenvalue weighted by Crippen LogP contribution is 2.20. The van der Waals surface area contributed by atoms with Crippen LogP contribution >= 0.6 is 44.2 Å². The number of hydrogen-bond donors (Lipinski definition) is 0. The molecule has 0 unspecified atom stereocenters. The summed E-state index contributed by atoms with van der Waals surface area (Å²) in [5.41, 5.74) is 0. The molecule has 94 valence electrons. The smallest absolute Gasteiger partial charge is 0.306 e. The highest BCUT2D eigenvalue weighted by Gasteiger charge is 2.00. The monoisotopic (exact) mass is 381 g/mol. The quantitative estimate of drug-likeness (QED) is 0.109. The van der Waals surface area contributed by atoms with Gasteiger partial charge in [0, 0.05) is 15.9 Å². The molecule has 0 bridgehead atoms. The number of alkyl halides is 1. The van der Waals surface area contributed by atoms with Crippen molar-refractivity contribution in [2.75, 3.05) is 29.1 Å². The van der Waals surface area contributed by atoms with Gasteiger partial charge in [-0.2, -0.15) is 0 Å². The van der Waals surface area contributed by atoms with Crippen molar-refractivity contribution in [1.29, 1.82) is 0 Å². The van der Waals surface area contributed by atoms with Crippen molar-refractivity contribution >= 4 is 50.1 Å². The first-order valence-electron chi connectivity index (χ1n) is 4.40. The Morgan fingerprint density at radius 3 is 2.50 bits per heavy atom. The van der Waals surface area contributed by atoms with Crippen LogP contribution in [0.15, 0.2) is 0 Å². The van der Waals surface area contributed by atoms with Gasteiger partial charge in [-0.15, -0.1) is 10.1 Å². The summed E-state index contributed by atoms with van der Waals surface area (Å²) in [4.78, 5) is 24.8. The molecule has 0 aromatic carbocycles. The van der Waals surface area contributed by atoms with E-state index < -0.39 is 5.09 Å². The molecule has 0 heterocycles. The predicted molar refractivity (Wildman–Crippen MR) is 72.3 cm³/mol. The van der Waals surface area contributed by atoms with Gasteiger partial charge < -0.3 is 9.57 Å². The van der Waals surface area contributed by atoms with Crippen molar-refractivity contribution in [3.8, 4) is 0 Å². The molecule has 0 saturated heterocycles. The van der Waals surface area contributed by atoms with Crippen molar-refractivity contribution in [2.45, 2.75) is 6.42 Å². The van der Waals surface area contributed by atoms with Crippen LogP contribution in [0.25, 0.3) is 0 Å². The SMILES string of the molecule is O=C(CCI)OCCSSCCO[N+](=O)[O-]. The Hall–Kier alpha value is 0.1000. The van der Waals surface area contributed by atoms with E-state index in [1.807, 2.05) is 0 Å². The lowest BCUT2D eigenvalue weighted by atomic mass is 10.5. The maximum absolute atomic E-state index is 10.9. The van der Waals surface area contributed by atoms with E-state index in [9.17, 15) is 14.9 Å². The average Bonchev–Trinajstić information content (AvgIpc) is 2.22. The van der Waals surface area contributed by atoms with Crippen molar-refractivity contribution in [3.05, 3.63) is 10.1 Å². The van der Waals surface area contributed by atoms with E-state index in [4.69, 9.17) is 4.74 Å². The summed E-state index contributed by atoms with van der Waals surface area (Å²) in [5, 5.41) is 8.97. The summed E-state index contributed by atoms with van der Waals surface area (Å²) in [7, 11) is 2.95. The average molecular weight is 381 g/mol. The summed E-state index contributed by atoms with van der Waals surface area (Å²) < 4.78 is 5.67. The van der Waals surface area contributed by atoms with Crippen LogP contribution in [0.1, 0.15) is 6.42 Å². The molecule has 0 aromatic heterocycles. The second-order valence-electron chi connectivity index (χ2n) is 2.36. The predicted octanol–water partition coefficient (Wildman–Crippen LogP) is 1.94. The maximum atomic E-state index is 10.9. The molecule has 0 aliphatic heterocycles. The molecule has 0 rings (SSSR count). The lowest BCUT2D eigenvalue weighted by Crippen LogP contribution is -2.07. The molecule has 0 saturated carbocycles. The molecule has 0 aliphatic rings. The Morgan fingerprint density at radius 2 is 1.94 bits per heavy atom. The Bertz CT molecular complexity index is 219. The van der Waals surface area contributed by atoms with Crippen LogP contribution in [0.2, 0.25) is 0 Å². The second kappa shape index (κ2) is 11.6. The molecule has 9 heteroatoms. The Morgan fingerprint density at radius 1 is 1.31 bits per heavy atom. The summed E-state index contributed by atoms with van der Waals surface area (Å²) in [6.07, 6.45) is 0.440. The largest absolute Gasteiger partial charge is 0.465 e. The minimum absolute atomic E-state index is 0.0826. The van der Waals surface area contributed by atoms with E-state index in [-0.39, 0.29) is 12.6 Å². The van der Waals surface area contributed by atoms with Gasteiger partial charge in [0.05, 0.1) is 6.42 Å². The van der Waals surface area contributed by atoms with Crippen LogP contribution in [0.5, 0.6) is 0 Å². The van der Waals surface area contributed by atoms with Gasteiger partial charge in [-0.25, -0.2) is 0 Å². The Balaban J connectivity index is 3.09. The number of esters is 1. The maximum Gasteiger partial charge on any atom is 0.306 e. The third kappa shape index (κ3) is 12.2. The first-order valence-corrected chi connectivity index (χ1v) is 8.41. The van der Waals surface area contributed by atoms with Crippen LogP contribution < -0.4 is 0 Å². The first kappa shape index (κ1) is 16.1. The molecule has 0 fully saturated rings. The van der Waals surface area contributed by atoms with Crippen molar-refractivity contribution < 1.29 is 19.5 Å². The Labute approximate surface area is 115 Å². The molecule has 6 nitrogen and oxygen atoms in total. The molecular formula is C7H12INO5S2. The van der Waals surface area contributed by atoms with Crippen LogP contribution in [-0.4, -0.2) is 40.2 Å². The topological polar surface area (TPSA) is 78.7 Å². The number of halogens is 1. The van der Waals surface area contributed by atoms with Gasteiger partial charge in [-0.05, 0) is 0 Å². The van der Waals surface area contributed by atoms with E-state index >= 15 is 0 Å². The summed E-state index contributed by atoms with van der Waals surface area (Å²) in [5.74, 6) is 1.03. The highest BCUT2D eigenvalue weighted by molar-refractivity contribution is 14.1. The van der Waals surface area contributed by atoms with Crippen LogP contribution in [0, 0.1) is 10.1 Å². The number of hydrogen-bond acceptors (Lipinski definition) is 7. The number of ether oxygens (including phenoxy) is 1. The van der Waals surface area contributed by atoms with Crippen LogP contribution in [-0.2, 0) is 14.4 Å². The zero-order chi connectivity index (χ0) is 12.2.